The highest BCUT2D eigenvalue weighted by Gasteiger charge is 2.12. The van der Waals surface area contributed by atoms with E-state index in [-0.39, 0.29) is 6.54 Å². The maximum atomic E-state index is 12.0. The first-order valence-corrected chi connectivity index (χ1v) is 7.69. The van der Waals surface area contributed by atoms with Crippen molar-refractivity contribution < 1.29 is 4.42 Å². The summed E-state index contributed by atoms with van der Waals surface area (Å²) >= 11 is 0. The fourth-order valence-corrected chi connectivity index (χ4v) is 2.58. The Morgan fingerprint density at radius 3 is 2.79 bits per heavy atom. The molecule has 0 fully saturated rings. The molecule has 7 heteroatoms. The number of hydrogen-bond acceptors (Lipinski definition) is 5. The van der Waals surface area contributed by atoms with Crippen LogP contribution in [0.5, 0.6) is 0 Å². The summed E-state index contributed by atoms with van der Waals surface area (Å²) in [5, 5.41) is 8.27. The lowest BCUT2D eigenvalue weighted by molar-refractivity contribution is 0.515. The van der Waals surface area contributed by atoms with Gasteiger partial charge in [-0.3, -0.25) is 4.57 Å². The highest BCUT2D eigenvalue weighted by atomic mass is 16.4. The minimum atomic E-state index is -0.453. The van der Waals surface area contributed by atoms with Gasteiger partial charge in [-0.2, -0.15) is 0 Å². The van der Waals surface area contributed by atoms with Gasteiger partial charge in [-0.05, 0) is 36.2 Å². The zero-order valence-corrected chi connectivity index (χ0v) is 13.1. The zero-order valence-electron chi connectivity index (χ0n) is 13.1. The highest BCUT2D eigenvalue weighted by Crippen LogP contribution is 2.12. The van der Waals surface area contributed by atoms with E-state index in [1.807, 2.05) is 12.1 Å². The Morgan fingerprint density at radius 1 is 1.17 bits per heavy atom. The SMILES string of the molecule is CCc1ccc(-n2cc(Cn3c(=O)oc4cccnc43)nn2)cc1. The van der Waals surface area contributed by atoms with E-state index in [1.165, 1.54) is 10.1 Å². The van der Waals surface area contributed by atoms with Crippen molar-refractivity contribution >= 4 is 11.2 Å². The number of aryl methyl sites for hydroxylation is 1. The van der Waals surface area contributed by atoms with Crippen LogP contribution in [0.2, 0.25) is 0 Å². The average Bonchev–Trinajstić information content (AvgIpc) is 3.21. The molecule has 0 aliphatic rings. The molecule has 0 spiro atoms. The Kier molecular flexibility index (Phi) is 3.45. The molecule has 0 saturated heterocycles. The van der Waals surface area contributed by atoms with Gasteiger partial charge in [0.2, 0.25) is 0 Å². The molecule has 24 heavy (non-hydrogen) atoms. The van der Waals surface area contributed by atoms with Crippen molar-refractivity contribution in [3.05, 3.63) is 70.6 Å². The van der Waals surface area contributed by atoms with Crippen LogP contribution in [0.1, 0.15) is 18.2 Å². The van der Waals surface area contributed by atoms with Gasteiger partial charge in [-0.25, -0.2) is 14.5 Å². The van der Waals surface area contributed by atoms with Crippen molar-refractivity contribution in [1.82, 2.24) is 24.5 Å². The first-order valence-electron chi connectivity index (χ1n) is 7.69. The fraction of sp³-hybridized carbons (Fsp3) is 0.176. The Morgan fingerprint density at radius 2 is 2.00 bits per heavy atom. The molecule has 0 aliphatic heterocycles. The Hall–Kier alpha value is -3.22. The van der Waals surface area contributed by atoms with Gasteiger partial charge < -0.3 is 4.42 Å². The topological polar surface area (TPSA) is 78.7 Å². The summed E-state index contributed by atoms with van der Waals surface area (Å²) in [6.45, 7) is 2.37. The highest BCUT2D eigenvalue weighted by molar-refractivity contribution is 5.67. The summed E-state index contributed by atoms with van der Waals surface area (Å²) in [4.78, 5) is 16.2. The van der Waals surface area contributed by atoms with Gasteiger partial charge in [-0.15, -0.1) is 5.10 Å². The molecule has 0 unspecified atom stereocenters. The summed E-state index contributed by atoms with van der Waals surface area (Å²) in [7, 11) is 0. The van der Waals surface area contributed by atoms with E-state index in [9.17, 15) is 4.79 Å². The fourth-order valence-electron chi connectivity index (χ4n) is 2.58. The lowest BCUT2D eigenvalue weighted by atomic mass is 10.1. The van der Waals surface area contributed by atoms with E-state index in [1.54, 1.807) is 29.2 Å². The molecule has 0 saturated carbocycles. The first-order chi connectivity index (χ1) is 11.7. The van der Waals surface area contributed by atoms with Crippen LogP contribution in [0.25, 0.3) is 16.9 Å². The third kappa shape index (κ3) is 2.50. The van der Waals surface area contributed by atoms with Crippen LogP contribution in [0.3, 0.4) is 0 Å². The van der Waals surface area contributed by atoms with E-state index >= 15 is 0 Å². The van der Waals surface area contributed by atoms with E-state index < -0.39 is 5.76 Å². The number of pyridine rings is 1. The molecule has 7 nitrogen and oxygen atoms in total. The number of oxazole rings is 1. The minimum Gasteiger partial charge on any atom is -0.406 e. The predicted molar refractivity (Wildman–Crippen MR) is 88.1 cm³/mol. The maximum absolute atomic E-state index is 12.0. The van der Waals surface area contributed by atoms with Crippen LogP contribution >= 0.6 is 0 Å². The summed E-state index contributed by atoms with van der Waals surface area (Å²) < 4.78 is 8.32. The van der Waals surface area contributed by atoms with E-state index in [2.05, 4.69) is 34.4 Å². The second-order valence-electron chi connectivity index (χ2n) is 5.45. The van der Waals surface area contributed by atoms with Crippen LogP contribution < -0.4 is 5.76 Å². The van der Waals surface area contributed by atoms with Crippen molar-refractivity contribution in [3.8, 4) is 5.69 Å². The standard InChI is InChI=1S/C17H15N5O2/c1-2-12-5-7-14(8-6-12)22-11-13(19-20-22)10-21-16-15(24-17(21)23)4-3-9-18-16/h3-9,11H,2,10H2,1H3. The van der Waals surface area contributed by atoms with Crippen molar-refractivity contribution in [2.24, 2.45) is 0 Å². The van der Waals surface area contributed by atoms with Gasteiger partial charge in [0, 0.05) is 6.20 Å². The van der Waals surface area contributed by atoms with E-state index in [4.69, 9.17) is 4.42 Å². The molecule has 0 radical (unpaired) electrons. The molecule has 0 amide bonds. The molecule has 1 aromatic carbocycles. The first kappa shape index (κ1) is 14.4. The monoisotopic (exact) mass is 321 g/mol. The summed E-state index contributed by atoms with van der Waals surface area (Å²) in [6, 6.07) is 11.6. The third-order valence-corrected chi connectivity index (χ3v) is 3.89. The van der Waals surface area contributed by atoms with Crippen molar-refractivity contribution in [1.29, 1.82) is 0 Å². The molecule has 0 aliphatic carbocycles. The van der Waals surface area contributed by atoms with Gasteiger partial charge >= 0.3 is 5.76 Å². The van der Waals surface area contributed by atoms with Crippen LogP contribution in [0.4, 0.5) is 0 Å². The third-order valence-electron chi connectivity index (χ3n) is 3.89. The molecule has 4 aromatic rings. The Balaban J connectivity index is 1.65. The molecule has 0 atom stereocenters. The second kappa shape index (κ2) is 5.77. The number of hydrogen-bond donors (Lipinski definition) is 0. The molecule has 120 valence electrons. The number of aromatic nitrogens is 5. The summed E-state index contributed by atoms with van der Waals surface area (Å²) in [5.74, 6) is -0.453. The van der Waals surface area contributed by atoms with Gasteiger partial charge in [0.05, 0.1) is 18.4 Å². The van der Waals surface area contributed by atoms with Gasteiger partial charge in [-0.1, -0.05) is 24.3 Å². The van der Waals surface area contributed by atoms with Gasteiger partial charge in [0.25, 0.3) is 0 Å². The quantitative estimate of drug-likeness (QED) is 0.575. The number of fused-ring (bicyclic) bond motifs is 1. The van der Waals surface area contributed by atoms with Crippen LogP contribution in [-0.2, 0) is 13.0 Å². The van der Waals surface area contributed by atoms with Gasteiger partial charge in [0.1, 0.15) is 5.69 Å². The molecular weight excluding hydrogens is 306 g/mol. The Bertz CT molecular complexity index is 1040. The van der Waals surface area contributed by atoms with Crippen molar-refractivity contribution in [2.45, 2.75) is 19.9 Å². The van der Waals surface area contributed by atoms with Crippen molar-refractivity contribution in [2.75, 3.05) is 0 Å². The Labute approximate surface area is 137 Å². The second-order valence-corrected chi connectivity index (χ2v) is 5.45. The summed E-state index contributed by atoms with van der Waals surface area (Å²) in [6.07, 6.45) is 4.42. The predicted octanol–water partition coefficient (Wildman–Crippen LogP) is 2.18. The minimum absolute atomic E-state index is 0.260. The molecular formula is C17H15N5O2. The number of benzene rings is 1. The van der Waals surface area contributed by atoms with Crippen molar-refractivity contribution in [3.63, 3.8) is 0 Å². The normalized spacial score (nSPS) is 11.2. The van der Waals surface area contributed by atoms with E-state index in [0.717, 1.165) is 12.1 Å². The smallest absolute Gasteiger partial charge is 0.406 e. The van der Waals surface area contributed by atoms with E-state index in [0.29, 0.717) is 16.9 Å². The molecule has 0 N–H and O–H groups in total. The molecule has 4 rings (SSSR count). The van der Waals surface area contributed by atoms with Gasteiger partial charge in [0.15, 0.2) is 11.2 Å². The average molecular weight is 321 g/mol. The van der Waals surface area contributed by atoms with Crippen LogP contribution in [0, 0.1) is 0 Å². The number of nitrogens with zero attached hydrogens (tertiary/aromatic N) is 5. The lowest BCUT2D eigenvalue weighted by Gasteiger charge is -2.01. The largest absolute Gasteiger partial charge is 0.421 e. The summed E-state index contributed by atoms with van der Waals surface area (Å²) in [5.41, 5.74) is 3.81. The number of rotatable bonds is 4. The zero-order chi connectivity index (χ0) is 16.5. The molecule has 3 aromatic heterocycles. The van der Waals surface area contributed by atoms with Crippen LogP contribution in [0.15, 0.2) is 58.0 Å². The lowest BCUT2D eigenvalue weighted by Crippen LogP contribution is -2.15. The molecule has 0 bridgehead atoms. The molecule has 3 heterocycles. The van der Waals surface area contributed by atoms with Crippen LogP contribution in [-0.4, -0.2) is 24.5 Å². The maximum Gasteiger partial charge on any atom is 0.421 e.